The van der Waals surface area contributed by atoms with Gasteiger partial charge in [-0.2, -0.15) is 5.10 Å². The summed E-state index contributed by atoms with van der Waals surface area (Å²) in [6, 6.07) is 0.352. The van der Waals surface area contributed by atoms with Gasteiger partial charge in [-0.15, -0.1) is 0 Å². The number of nitrogens with one attached hydrogen (secondary N) is 1. The summed E-state index contributed by atoms with van der Waals surface area (Å²) >= 11 is 0. The number of hydrogen-bond acceptors (Lipinski definition) is 3. The highest BCUT2D eigenvalue weighted by atomic mass is 15.3. The molecule has 1 aromatic heterocycles. The van der Waals surface area contributed by atoms with Crippen molar-refractivity contribution in [1.29, 1.82) is 0 Å². The lowest BCUT2D eigenvalue weighted by Crippen LogP contribution is -2.23. The van der Waals surface area contributed by atoms with Crippen LogP contribution in [0.1, 0.15) is 31.1 Å². The molecule has 2 rings (SSSR count). The number of fused-ring (bicyclic) bond motifs is 1. The Kier molecular flexibility index (Phi) is 2.00. The molecule has 0 bridgehead atoms. The first-order chi connectivity index (χ1) is 6.20. The quantitative estimate of drug-likeness (QED) is 0.668. The molecule has 0 aromatic carbocycles. The first kappa shape index (κ1) is 8.56. The van der Waals surface area contributed by atoms with Crippen molar-refractivity contribution in [2.75, 3.05) is 12.3 Å². The molecule has 0 radical (unpaired) electrons. The van der Waals surface area contributed by atoms with E-state index < -0.39 is 0 Å². The Bertz CT molecular complexity index is 314. The summed E-state index contributed by atoms with van der Waals surface area (Å²) in [6.45, 7) is 6.08. The molecule has 0 saturated heterocycles. The Morgan fingerprint density at radius 2 is 2.31 bits per heavy atom. The van der Waals surface area contributed by atoms with E-state index in [2.05, 4.69) is 24.3 Å². The first-order valence-electron chi connectivity index (χ1n) is 4.76. The van der Waals surface area contributed by atoms with E-state index in [0.29, 0.717) is 6.04 Å². The Labute approximate surface area is 78.1 Å². The van der Waals surface area contributed by atoms with Crippen LogP contribution in [-0.4, -0.2) is 16.3 Å². The topological polar surface area (TPSA) is 55.9 Å². The van der Waals surface area contributed by atoms with E-state index in [1.807, 2.05) is 4.68 Å². The van der Waals surface area contributed by atoms with Gasteiger partial charge in [0.2, 0.25) is 0 Å². The molecule has 13 heavy (non-hydrogen) atoms. The van der Waals surface area contributed by atoms with E-state index >= 15 is 0 Å². The molecule has 1 aliphatic heterocycles. The average molecular weight is 180 g/mol. The minimum absolute atomic E-state index is 0.352. The predicted octanol–water partition coefficient (Wildman–Crippen LogP) is 0.692. The summed E-state index contributed by atoms with van der Waals surface area (Å²) in [5, 5.41) is 7.80. The molecule has 1 aromatic rings. The van der Waals surface area contributed by atoms with Gasteiger partial charge in [0.1, 0.15) is 5.82 Å². The summed E-state index contributed by atoms with van der Waals surface area (Å²) in [4.78, 5) is 0. The Morgan fingerprint density at radius 1 is 1.54 bits per heavy atom. The van der Waals surface area contributed by atoms with E-state index in [1.165, 1.54) is 11.3 Å². The van der Waals surface area contributed by atoms with E-state index in [9.17, 15) is 0 Å². The average Bonchev–Trinajstić information content (AvgIpc) is 2.45. The van der Waals surface area contributed by atoms with Gasteiger partial charge in [0, 0.05) is 31.1 Å². The van der Waals surface area contributed by atoms with Gasteiger partial charge in [0.15, 0.2) is 0 Å². The standard InChI is InChI=1S/C9H16N4/c1-6(2)13-9(10)7-5-11-4-3-8(7)12-13/h6,11H,3-5,10H2,1-2H3. The lowest BCUT2D eigenvalue weighted by molar-refractivity contribution is 0.532. The van der Waals surface area contributed by atoms with Crippen LogP contribution in [0.25, 0.3) is 0 Å². The second-order valence-electron chi connectivity index (χ2n) is 3.78. The summed E-state index contributed by atoms with van der Waals surface area (Å²) in [6.07, 6.45) is 0.999. The number of rotatable bonds is 1. The van der Waals surface area contributed by atoms with Crippen LogP contribution < -0.4 is 11.1 Å². The summed E-state index contributed by atoms with van der Waals surface area (Å²) in [5.74, 6) is 0.831. The molecule has 0 unspecified atom stereocenters. The summed E-state index contributed by atoms with van der Waals surface area (Å²) in [5.41, 5.74) is 8.35. The molecular formula is C9H16N4. The smallest absolute Gasteiger partial charge is 0.126 e. The SMILES string of the molecule is CC(C)n1nc2c(c1N)CNCC2. The minimum atomic E-state index is 0.352. The molecule has 0 fully saturated rings. The van der Waals surface area contributed by atoms with Crippen LogP contribution in [0.5, 0.6) is 0 Å². The predicted molar refractivity (Wildman–Crippen MR) is 52.4 cm³/mol. The third-order valence-electron chi connectivity index (χ3n) is 2.46. The number of hydrogen-bond donors (Lipinski definition) is 2. The van der Waals surface area contributed by atoms with E-state index in [0.717, 1.165) is 25.3 Å². The van der Waals surface area contributed by atoms with E-state index in [4.69, 9.17) is 5.73 Å². The highest BCUT2D eigenvalue weighted by molar-refractivity contribution is 5.44. The lowest BCUT2D eigenvalue weighted by Gasteiger charge is -2.11. The number of nitrogens with two attached hydrogens (primary N) is 1. The zero-order chi connectivity index (χ0) is 9.42. The third-order valence-corrected chi connectivity index (χ3v) is 2.46. The van der Waals surface area contributed by atoms with Gasteiger partial charge in [-0.1, -0.05) is 0 Å². The maximum Gasteiger partial charge on any atom is 0.126 e. The molecule has 72 valence electrons. The highest BCUT2D eigenvalue weighted by Gasteiger charge is 2.18. The minimum Gasteiger partial charge on any atom is -0.384 e. The number of anilines is 1. The van der Waals surface area contributed by atoms with Gasteiger partial charge >= 0.3 is 0 Å². The molecule has 1 aliphatic rings. The molecule has 4 heteroatoms. The number of aromatic nitrogens is 2. The van der Waals surface area contributed by atoms with Crippen molar-refractivity contribution in [3.8, 4) is 0 Å². The largest absolute Gasteiger partial charge is 0.384 e. The molecule has 0 spiro atoms. The van der Waals surface area contributed by atoms with Gasteiger partial charge in [0.05, 0.1) is 5.69 Å². The van der Waals surface area contributed by atoms with Crippen LogP contribution in [-0.2, 0) is 13.0 Å². The van der Waals surface area contributed by atoms with Crippen LogP contribution in [0.4, 0.5) is 5.82 Å². The molecule has 0 saturated carbocycles. The van der Waals surface area contributed by atoms with Crippen LogP contribution in [0.15, 0.2) is 0 Å². The first-order valence-corrected chi connectivity index (χ1v) is 4.76. The fourth-order valence-electron chi connectivity index (χ4n) is 1.74. The maximum atomic E-state index is 5.99. The summed E-state index contributed by atoms with van der Waals surface area (Å²) < 4.78 is 1.91. The van der Waals surface area contributed by atoms with Crippen molar-refractivity contribution in [3.63, 3.8) is 0 Å². The molecule has 0 amide bonds. The van der Waals surface area contributed by atoms with Gasteiger partial charge < -0.3 is 11.1 Å². The number of nitrogen functional groups attached to an aromatic ring is 1. The van der Waals surface area contributed by atoms with Crippen molar-refractivity contribution in [3.05, 3.63) is 11.3 Å². The lowest BCUT2D eigenvalue weighted by atomic mass is 10.1. The zero-order valence-electron chi connectivity index (χ0n) is 8.17. The molecular weight excluding hydrogens is 164 g/mol. The van der Waals surface area contributed by atoms with Crippen LogP contribution in [0.2, 0.25) is 0 Å². The van der Waals surface area contributed by atoms with Crippen molar-refractivity contribution in [2.24, 2.45) is 0 Å². The van der Waals surface area contributed by atoms with Crippen LogP contribution >= 0.6 is 0 Å². The van der Waals surface area contributed by atoms with Crippen molar-refractivity contribution in [2.45, 2.75) is 32.9 Å². The highest BCUT2D eigenvalue weighted by Crippen LogP contribution is 2.22. The van der Waals surface area contributed by atoms with Crippen LogP contribution in [0.3, 0.4) is 0 Å². The van der Waals surface area contributed by atoms with Gasteiger partial charge in [0.25, 0.3) is 0 Å². The molecule has 3 N–H and O–H groups in total. The van der Waals surface area contributed by atoms with Crippen LogP contribution in [0, 0.1) is 0 Å². The molecule has 0 aliphatic carbocycles. The van der Waals surface area contributed by atoms with Gasteiger partial charge in [-0.25, -0.2) is 4.68 Å². The second-order valence-corrected chi connectivity index (χ2v) is 3.78. The Morgan fingerprint density at radius 3 is 2.92 bits per heavy atom. The molecule has 0 atom stereocenters. The monoisotopic (exact) mass is 180 g/mol. The van der Waals surface area contributed by atoms with Gasteiger partial charge in [-0.3, -0.25) is 0 Å². The van der Waals surface area contributed by atoms with E-state index in [-0.39, 0.29) is 0 Å². The Balaban J connectivity index is 2.44. The van der Waals surface area contributed by atoms with Crippen molar-refractivity contribution in [1.82, 2.24) is 15.1 Å². The zero-order valence-corrected chi connectivity index (χ0v) is 8.17. The van der Waals surface area contributed by atoms with E-state index in [1.54, 1.807) is 0 Å². The second kappa shape index (κ2) is 3.03. The molecule has 4 nitrogen and oxygen atoms in total. The Hall–Kier alpha value is -1.03. The van der Waals surface area contributed by atoms with Crippen molar-refractivity contribution < 1.29 is 0 Å². The van der Waals surface area contributed by atoms with Crippen molar-refractivity contribution >= 4 is 5.82 Å². The fraction of sp³-hybridized carbons (Fsp3) is 0.667. The summed E-state index contributed by atoms with van der Waals surface area (Å²) in [7, 11) is 0. The normalized spacial score (nSPS) is 16.2. The number of nitrogens with zero attached hydrogens (tertiary/aromatic N) is 2. The maximum absolute atomic E-state index is 5.99. The fourth-order valence-corrected chi connectivity index (χ4v) is 1.74. The third kappa shape index (κ3) is 1.31. The molecule has 2 heterocycles. The van der Waals surface area contributed by atoms with Gasteiger partial charge in [-0.05, 0) is 13.8 Å².